The summed E-state index contributed by atoms with van der Waals surface area (Å²) in [6.45, 7) is 1.77. The maximum atomic E-state index is 12.1. The highest BCUT2D eigenvalue weighted by molar-refractivity contribution is 6.30. The van der Waals surface area contributed by atoms with E-state index in [9.17, 15) is 4.79 Å². The Balaban J connectivity index is 1.72. The summed E-state index contributed by atoms with van der Waals surface area (Å²) in [5.74, 6) is 0.517. The minimum Gasteiger partial charge on any atom is -0.340 e. The van der Waals surface area contributed by atoms with Gasteiger partial charge in [0.2, 0.25) is 11.7 Å². The second-order valence-corrected chi connectivity index (χ2v) is 5.34. The van der Waals surface area contributed by atoms with Crippen molar-refractivity contribution in [2.24, 2.45) is 0 Å². The first kappa shape index (κ1) is 15.2. The first-order valence-corrected chi connectivity index (χ1v) is 7.32. The second kappa shape index (κ2) is 6.58. The average Bonchev–Trinajstić information content (AvgIpc) is 3.06. The zero-order chi connectivity index (χ0) is 16.2. The van der Waals surface area contributed by atoms with Crippen LogP contribution < -0.4 is 5.32 Å². The zero-order valence-corrected chi connectivity index (χ0v) is 13.0. The smallest absolute Gasteiger partial charge is 0.253 e. The van der Waals surface area contributed by atoms with Crippen LogP contribution in [-0.2, 0) is 0 Å². The lowest BCUT2D eigenvalue weighted by molar-refractivity contribution is 0.0932. The Bertz CT molecular complexity index is 802. The molecule has 3 rings (SSSR count). The number of halogens is 1. The largest absolute Gasteiger partial charge is 0.340 e. The molecule has 0 unspecified atom stereocenters. The molecule has 0 saturated carbocycles. The van der Waals surface area contributed by atoms with Crippen LogP contribution in [0.4, 0.5) is 0 Å². The van der Waals surface area contributed by atoms with Crippen LogP contribution in [0.1, 0.15) is 29.2 Å². The summed E-state index contributed by atoms with van der Waals surface area (Å²) in [4.78, 5) is 20.3. The molecule has 6 nitrogen and oxygen atoms in total. The SMILES string of the molecule is C[C@@H](NC(=O)c1cccnc1)c1nc(-c2ccc(Cl)cc2)no1. The molecular formula is C16H13ClN4O2. The number of benzene rings is 1. The number of aromatic nitrogens is 3. The number of hydrogen-bond donors (Lipinski definition) is 1. The normalized spacial score (nSPS) is 11.9. The van der Waals surface area contributed by atoms with Crippen LogP contribution in [-0.4, -0.2) is 21.0 Å². The summed E-state index contributed by atoms with van der Waals surface area (Å²) < 4.78 is 5.22. The molecule has 0 spiro atoms. The van der Waals surface area contributed by atoms with Gasteiger partial charge >= 0.3 is 0 Å². The second-order valence-electron chi connectivity index (χ2n) is 4.90. The van der Waals surface area contributed by atoms with E-state index in [1.165, 1.54) is 6.20 Å². The Hall–Kier alpha value is -2.73. The maximum Gasteiger partial charge on any atom is 0.253 e. The van der Waals surface area contributed by atoms with Gasteiger partial charge in [0.25, 0.3) is 5.91 Å². The fraction of sp³-hybridized carbons (Fsp3) is 0.125. The standard InChI is InChI=1S/C16H13ClN4O2/c1-10(19-15(22)12-3-2-8-18-9-12)16-20-14(21-23-16)11-4-6-13(17)7-5-11/h2-10H,1H3,(H,19,22)/t10-/m1/s1. The van der Waals surface area contributed by atoms with Crippen LogP contribution in [0.25, 0.3) is 11.4 Å². The lowest BCUT2D eigenvalue weighted by Crippen LogP contribution is -2.26. The van der Waals surface area contributed by atoms with E-state index in [1.807, 2.05) is 0 Å². The number of carbonyl (C=O) groups is 1. The van der Waals surface area contributed by atoms with E-state index in [4.69, 9.17) is 16.1 Å². The van der Waals surface area contributed by atoms with Crippen LogP contribution in [0, 0.1) is 0 Å². The number of amides is 1. The van der Waals surface area contributed by atoms with Crippen LogP contribution >= 0.6 is 11.6 Å². The Morgan fingerprint density at radius 2 is 2.04 bits per heavy atom. The lowest BCUT2D eigenvalue weighted by atomic mass is 10.2. The molecular weight excluding hydrogens is 316 g/mol. The number of nitrogens with zero attached hydrogens (tertiary/aromatic N) is 3. The molecule has 0 bridgehead atoms. The molecule has 1 aromatic carbocycles. The van der Waals surface area contributed by atoms with Gasteiger partial charge in [0.1, 0.15) is 6.04 Å². The molecule has 0 aliphatic rings. The zero-order valence-electron chi connectivity index (χ0n) is 12.2. The Morgan fingerprint density at radius 1 is 1.26 bits per heavy atom. The minimum absolute atomic E-state index is 0.253. The van der Waals surface area contributed by atoms with Crippen molar-refractivity contribution in [1.29, 1.82) is 0 Å². The Kier molecular flexibility index (Phi) is 4.34. The predicted octanol–water partition coefficient (Wildman–Crippen LogP) is 3.28. The molecule has 7 heteroatoms. The van der Waals surface area contributed by atoms with E-state index in [0.717, 1.165) is 5.56 Å². The third kappa shape index (κ3) is 3.54. The minimum atomic E-state index is -0.420. The fourth-order valence-corrected chi connectivity index (χ4v) is 2.09. The Morgan fingerprint density at radius 3 is 2.74 bits per heavy atom. The highest BCUT2D eigenvalue weighted by Gasteiger charge is 2.18. The molecule has 23 heavy (non-hydrogen) atoms. The first-order chi connectivity index (χ1) is 11.1. The summed E-state index contributed by atoms with van der Waals surface area (Å²) >= 11 is 5.85. The van der Waals surface area contributed by atoms with Gasteiger partial charge in [-0.3, -0.25) is 9.78 Å². The van der Waals surface area contributed by atoms with Gasteiger partial charge < -0.3 is 9.84 Å². The molecule has 2 heterocycles. The Labute approximate surface area is 137 Å². The quantitative estimate of drug-likeness (QED) is 0.795. The molecule has 0 saturated heterocycles. The van der Waals surface area contributed by atoms with Crippen molar-refractivity contribution in [2.75, 3.05) is 0 Å². The predicted molar refractivity (Wildman–Crippen MR) is 84.9 cm³/mol. The molecule has 1 N–H and O–H groups in total. The van der Waals surface area contributed by atoms with E-state index in [0.29, 0.717) is 22.3 Å². The number of hydrogen-bond acceptors (Lipinski definition) is 5. The average molecular weight is 329 g/mol. The molecule has 2 aromatic heterocycles. The van der Waals surface area contributed by atoms with Gasteiger partial charge in [0.05, 0.1) is 5.56 Å². The van der Waals surface area contributed by atoms with Crippen molar-refractivity contribution in [3.8, 4) is 11.4 Å². The number of carbonyl (C=O) groups excluding carboxylic acids is 1. The van der Waals surface area contributed by atoms with E-state index in [2.05, 4.69) is 20.4 Å². The third-order valence-electron chi connectivity index (χ3n) is 3.19. The maximum absolute atomic E-state index is 12.1. The van der Waals surface area contributed by atoms with Crippen LogP contribution in [0.15, 0.2) is 53.3 Å². The fourth-order valence-electron chi connectivity index (χ4n) is 1.97. The highest BCUT2D eigenvalue weighted by Crippen LogP contribution is 2.20. The topological polar surface area (TPSA) is 80.9 Å². The van der Waals surface area contributed by atoms with Crippen molar-refractivity contribution in [3.05, 3.63) is 65.3 Å². The van der Waals surface area contributed by atoms with Gasteiger partial charge in [-0.05, 0) is 43.3 Å². The molecule has 1 amide bonds. The van der Waals surface area contributed by atoms with Crippen molar-refractivity contribution in [3.63, 3.8) is 0 Å². The number of pyridine rings is 1. The summed E-state index contributed by atoms with van der Waals surface area (Å²) in [5.41, 5.74) is 1.26. The van der Waals surface area contributed by atoms with E-state index >= 15 is 0 Å². The summed E-state index contributed by atoms with van der Waals surface area (Å²) in [6.07, 6.45) is 3.10. The van der Waals surface area contributed by atoms with Gasteiger partial charge in [-0.15, -0.1) is 0 Å². The van der Waals surface area contributed by atoms with Gasteiger partial charge in [-0.25, -0.2) is 0 Å². The van der Waals surface area contributed by atoms with Gasteiger partial charge in [-0.1, -0.05) is 16.8 Å². The molecule has 0 radical (unpaired) electrons. The van der Waals surface area contributed by atoms with Crippen molar-refractivity contribution in [1.82, 2.24) is 20.4 Å². The van der Waals surface area contributed by atoms with E-state index in [-0.39, 0.29) is 5.91 Å². The van der Waals surface area contributed by atoms with Crippen LogP contribution in [0.3, 0.4) is 0 Å². The summed E-state index contributed by atoms with van der Waals surface area (Å²) in [5, 5.41) is 7.35. The van der Waals surface area contributed by atoms with Crippen molar-refractivity contribution < 1.29 is 9.32 Å². The molecule has 116 valence electrons. The van der Waals surface area contributed by atoms with E-state index < -0.39 is 6.04 Å². The van der Waals surface area contributed by atoms with Crippen LogP contribution in [0.5, 0.6) is 0 Å². The monoisotopic (exact) mass is 328 g/mol. The molecule has 1 atom stereocenters. The van der Waals surface area contributed by atoms with Crippen LogP contribution in [0.2, 0.25) is 5.02 Å². The third-order valence-corrected chi connectivity index (χ3v) is 3.44. The summed E-state index contributed by atoms with van der Waals surface area (Å²) in [6, 6.07) is 10.1. The van der Waals surface area contributed by atoms with Gasteiger partial charge in [0, 0.05) is 23.0 Å². The van der Waals surface area contributed by atoms with Crippen molar-refractivity contribution in [2.45, 2.75) is 13.0 Å². The summed E-state index contributed by atoms with van der Waals surface area (Å²) in [7, 11) is 0. The molecule has 0 fully saturated rings. The molecule has 0 aliphatic heterocycles. The lowest BCUT2D eigenvalue weighted by Gasteiger charge is -2.09. The number of nitrogens with one attached hydrogen (secondary N) is 1. The molecule has 0 aliphatic carbocycles. The first-order valence-electron chi connectivity index (χ1n) is 6.94. The highest BCUT2D eigenvalue weighted by atomic mass is 35.5. The van der Waals surface area contributed by atoms with E-state index in [1.54, 1.807) is 49.5 Å². The molecule has 3 aromatic rings. The van der Waals surface area contributed by atoms with Gasteiger partial charge in [0.15, 0.2) is 0 Å². The van der Waals surface area contributed by atoms with Crippen molar-refractivity contribution >= 4 is 17.5 Å². The van der Waals surface area contributed by atoms with Gasteiger partial charge in [-0.2, -0.15) is 4.98 Å². The number of rotatable bonds is 4.